The molecule has 0 N–H and O–H groups in total. The molecule has 0 saturated carbocycles. The van der Waals surface area contributed by atoms with E-state index in [1.165, 1.54) is 0 Å². The third-order valence-corrected chi connectivity index (χ3v) is 4.24. The molecule has 1 aliphatic heterocycles. The number of rotatable bonds is 2. The monoisotopic (exact) mass is 345 g/mol. The molecule has 0 aliphatic carbocycles. The van der Waals surface area contributed by atoms with Gasteiger partial charge in [-0.25, -0.2) is 0 Å². The second kappa shape index (κ2) is 6.31. The van der Waals surface area contributed by atoms with Gasteiger partial charge in [-0.1, -0.05) is 46.3 Å². The summed E-state index contributed by atoms with van der Waals surface area (Å²) < 4.78 is 5.70. The van der Waals surface area contributed by atoms with Gasteiger partial charge in [-0.2, -0.15) is 0 Å². The van der Waals surface area contributed by atoms with E-state index < -0.39 is 0 Å². The average molecular weight is 346 g/mol. The van der Waals surface area contributed by atoms with Crippen molar-refractivity contribution in [2.45, 2.75) is 11.9 Å². The first-order valence-corrected chi connectivity index (χ1v) is 8.05. The molecule has 0 aromatic heterocycles. The minimum atomic E-state index is 0.0522. The van der Waals surface area contributed by atoms with E-state index in [0.29, 0.717) is 19.7 Å². The van der Waals surface area contributed by atoms with Crippen molar-refractivity contribution in [1.29, 1.82) is 0 Å². The van der Waals surface area contributed by atoms with E-state index in [1.54, 1.807) is 0 Å². The van der Waals surface area contributed by atoms with Gasteiger partial charge in [0.1, 0.15) is 12.4 Å². The standard InChI is InChI=1S/C17H16BrNO2/c18-11-13-5-7-14(8-6-13)17(20)19-9-10-21-16-4-2-1-3-15(16)12-19/h1-8H,9-12H2. The molecule has 1 heterocycles. The Balaban J connectivity index is 1.81. The third kappa shape index (κ3) is 3.10. The lowest BCUT2D eigenvalue weighted by molar-refractivity contribution is 0.0733. The third-order valence-electron chi connectivity index (χ3n) is 3.59. The summed E-state index contributed by atoms with van der Waals surface area (Å²) in [5.74, 6) is 0.930. The van der Waals surface area contributed by atoms with Gasteiger partial charge in [-0.05, 0) is 23.8 Å². The number of fused-ring (bicyclic) bond motifs is 1. The second-order valence-electron chi connectivity index (χ2n) is 5.01. The van der Waals surface area contributed by atoms with Crippen molar-refractivity contribution in [3.63, 3.8) is 0 Å². The van der Waals surface area contributed by atoms with Gasteiger partial charge in [0.05, 0.1) is 6.54 Å². The highest BCUT2D eigenvalue weighted by Crippen LogP contribution is 2.23. The summed E-state index contributed by atoms with van der Waals surface area (Å²) >= 11 is 3.41. The maximum Gasteiger partial charge on any atom is 0.254 e. The topological polar surface area (TPSA) is 29.5 Å². The maximum absolute atomic E-state index is 12.6. The molecule has 1 amide bonds. The van der Waals surface area contributed by atoms with Crippen molar-refractivity contribution >= 4 is 21.8 Å². The Morgan fingerprint density at radius 2 is 1.90 bits per heavy atom. The first-order valence-electron chi connectivity index (χ1n) is 6.93. The number of alkyl halides is 1. The first kappa shape index (κ1) is 14.1. The summed E-state index contributed by atoms with van der Waals surface area (Å²) in [4.78, 5) is 14.5. The van der Waals surface area contributed by atoms with Gasteiger partial charge in [0.15, 0.2) is 0 Å². The zero-order valence-corrected chi connectivity index (χ0v) is 13.2. The highest BCUT2D eigenvalue weighted by molar-refractivity contribution is 9.08. The molecule has 1 aliphatic rings. The summed E-state index contributed by atoms with van der Waals surface area (Å²) in [5, 5.41) is 0.798. The average Bonchev–Trinajstić information content (AvgIpc) is 2.76. The summed E-state index contributed by atoms with van der Waals surface area (Å²) in [7, 11) is 0. The van der Waals surface area contributed by atoms with Crippen LogP contribution >= 0.6 is 15.9 Å². The van der Waals surface area contributed by atoms with E-state index in [1.807, 2.05) is 53.4 Å². The molecule has 21 heavy (non-hydrogen) atoms. The molecule has 0 unspecified atom stereocenters. The molecule has 0 radical (unpaired) electrons. The van der Waals surface area contributed by atoms with E-state index in [0.717, 1.165) is 27.8 Å². The van der Waals surface area contributed by atoms with Crippen LogP contribution in [0.25, 0.3) is 0 Å². The molecule has 2 aromatic rings. The predicted molar refractivity (Wildman–Crippen MR) is 85.8 cm³/mol. The van der Waals surface area contributed by atoms with Crippen LogP contribution in [0.5, 0.6) is 5.75 Å². The van der Waals surface area contributed by atoms with Crippen LogP contribution in [0.15, 0.2) is 48.5 Å². The summed E-state index contributed by atoms with van der Waals surface area (Å²) in [6, 6.07) is 15.6. The lowest BCUT2D eigenvalue weighted by atomic mass is 10.1. The van der Waals surface area contributed by atoms with E-state index in [4.69, 9.17) is 4.74 Å². The Bertz CT molecular complexity index is 639. The number of hydrogen-bond acceptors (Lipinski definition) is 2. The van der Waals surface area contributed by atoms with Gasteiger partial charge in [-0.15, -0.1) is 0 Å². The smallest absolute Gasteiger partial charge is 0.254 e. The van der Waals surface area contributed by atoms with Gasteiger partial charge in [0.25, 0.3) is 5.91 Å². The van der Waals surface area contributed by atoms with Crippen molar-refractivity contribution in [2.24, 2.45) is 0 Å². The van der Waals surface area contributed by atoms with Crippen molar-refractivity contribution in [1.82, 2.24) is 4.90 Å². The highest BCUT2D eigenvalue weighted by atomic mass is 79.9. The van der Waals surface area contributed by atoms with Crippen LogP contribution in [0.2, 0.25) is 0 Å². The van der Waals surface area contributed by atoms with Crippen LogP contribution in [0.1, 0.15) is 21.5 Å². The van der Waals surface area contributed by atoms with Gasteiger partial charge >= 0.3 is 0 Å². The normalized spacial score (nSPS) is 14.0. The Kier molecular flexibility index (Phi) is 4.25. The molecule has 0 bridgehead atoms. The van der Waals surface area contributed by atoms with Gasteiger partial charge in [-0.3, -0.25) is 4.79 Å². The second-order valence-corrected chi connectivity index (χ2v) is 5.57. The largest absolute Gasteiger partial charge is 0.491 e. The summed E-state index contributed by atoms with van der Waals surface area (Å²) in [6.07, 6.45) is 0. The predicted octanol–water partition coefficient (Wildman–Crippen LogP) is 3.62. The van der Waals surface area contributed by atoms with Crippen LogP contribution < -0.4 is 4.74 Å². The van der Waals surface area contributed by atoms with Crippen LogP contribution in [-0.4, -0.2) is 24.0 Å². The Morgan fingerprint density at radius 3 is 2.67 bits per heavy atom. The minimum Gasteiger partial charge on any atom is -0.491 e. The van der Waals surface area contributed by atoms with Gasteiger partial charge < -0.3 is 9.64 Å². The van der Waals surface area contributed by atoms with Crippen molar-refractivity contribution in [2.75, 3.05) is 13.2 Å². The fourth-order valence-corrected chi connectivity index (χ4v) is 2.79. The molecule has 2 aromatic carbocycles. The molecule has 3 rings (SSSR count). The number of halogens is 1. The highest BCUT2D eigenvalue weighted by Gasteiger charge is 2.20. The number of hydrogen-bond donors (Lipinski definition) is 0. The van der Waals surface area contributed by atoms with E-state index in [-0.39, 0.29) is 5.91 Å². The van der Waals surface area contributed by atoms with Gasteiger partial charge in [0, 0.05) is 23.0 Å². The van der Waals surface area contributed by atoms with Crippen LogP contribution in [0.3, 0.4) is 0 Å². The van der Waals surface area contributed by atoms with E-state index in [9.17, 15) is 4.79 Å². The Morgan fingerprint density at radius 1 is 1.14 bits per heavy atom. The Labute approximate surface area is 132 Å². The lowest BCUT2D eigenvalue weighted by Crippen LogP contribution is -2.32. The van der Waals surface area contributed by atoms with E-state index in [2.05, 4.69) is 15.9 Å². The maximum atomic E-state index is 12.6. The molecule has 0 atom stereocenters. The minimum absolute atomic E-state index is 0.0522. The number of amides is 1. The van der Waals surface area contributed by atoms with Crippen molar-refractivity contribution in [3.8, 4) is 5.75 Å². The summed E-state index contributed by atoms with van der Waals surface area (Å²) in [6.45, 7) is 1.73. The number of carbonyl (C=O) groups excluding carboxylic acids is 1. The molecular weight excluding hydrogens is 330 g/mol. The zero-order valence-electron chi connectivity index (χ0n) is 11.6. The lowest BCUT2D eigenvalue weighted by Gasteiger charge is -2.20. The molecule has 0 spiro atoms. The molecular formula is C17H16BrNO2. The molecule has 0 fully saturated rings. The first-order chi connectivity index (χ1) is 10.3. The number of para-hydroxylation sites is 1. The quantitative estimate of drug-likeness (QED) is 0.778. The van der Waals surface area contributed by atoms with Crippen LogP contribution in [0.4, 0.5) is 0 Å². The zero-order chi connectivity index (χ0) is 14.7. The van der Waals surface area contributed by atoms with Crippen molar-refractivity contribution in [3.05, 3.63) is 65.2 Å². The molecule has 0 saturated heterocycles. The number of ether oxygens (including phenoxy) is 1. The van der Waals surface area contributed by atoms with Crippen molar-refractivity contribution < 1.29 is 9.53 Å². The van der Waals surface area contributed by atoms with Crippen LogP contribution in [0, 0.1) is 0 Å². The number of carbonyl (C=O) groups is 1. The summed E-state index contributed by atoms with van der Waals surface area (Å²) in [5.41, 5.74) is 2.94. The number of benzene rings is 2. The fourth-order valence-electron chi connectivity index (χ4n) is 2.42. The molecule has 108 valence electrons. The SMILES string of the molecule is O=C(c1ccc(CBr)cc1)N1CCOc2ccccc2C1. The fraction of sp³-hybridized carbons (Fsp3) is 0.235. The molecule has 3 nitrogen and oxygen atoms in total. The van der Waals surface area contributed by atoms with E-state index >= 15 is 0 Å². The molecule has 4 heteroatoms. The Hall–Kier alpha value is -1.81. The van der Waals surface area contributed by atoms with Crippen LogP contribution in [-0.2, 0) is 11.9 Å². The van der Waals surface area contributed by atoms with Gasteiger partial charge in [0.2, 0.25) is 0 Å². The number of nitrogens with zero attached hydrogens (tertiary/aromatic N) is 1.